The van der Waals surface area contributed by atoms with E-state index in [4.69, 9.17) is 0 Å². The summed E-state index contributed by atoms with van der Waals surface area (Å²) in [6.07, 6.45) is 11.4. The normalized spacial score (nSPS) is 15.8. The molecular formula is C7H7NO. The molecule has 0 saturated carbocycles. The van der Waals surface area contributed by atoms with Crippen molar-refractivity contribution in [3.05, 3.63) is 36.7 Å². The van der Waals surface area contributed by atoms with Crippen molar-refractivity contribution in [2.24, 2.45) is 0 Å². The number of hydrogen-bond donors (Lipinski definition) is 0. The molecule has 0 aromatic carbocycles. The second-order valence-corrected chi connectivity index (χ2v) is 1.62. The topological polar surface area (TPSA) is 20.3 Å². The van der Waals surface area contributed by atoms with E-state index in [2.05, 4.69) is 0 Å². The van der Waals surface area contributed by atoms with Crippen LogP contribution in [0, 0.1) is 0 Å². The fourth-order valence-electron chi connectivity index (χ4n) is 0.546. The lowest BCUT2D eigenvalue weighted by Crippen LogP contribution is -2.03. The summed E-state index contributed by atoms with van der Waals surface area (Å²) in [6.45, 7) is 0. The minimum Gasteiger partial charge on any atom is -0.297 e. The van der Waals surface area contributed by atoms with Gasteiger partial charge in [-0.15, -0.1) is 0 Å². The monoisotopic (exact) mass is 121 g/mol. The van der Waals surface area contributed by atoms with Crippen LogP contribution in [0.3, 0.4) is 0 Å². The molecule has 1 rings (SSSR count). The van der Waals surface area contributed by atoms with E-state index in [0.29, 0.717) is 0 Å². The molecule has 0 spiro atoms. The lowest BCUT2D eigenvalue weighted by atomic mass is 10.5. The number of nitrogens with zero attached hydrogens (tertiary/aromatic N) is 1. The first-order valence-corrected chi connectivity index (χ1v) is 2.68. The van der Waals surface area contributed by atoms with Crippen molar-refractivity contribution in [2.45, 2.75) is 0 Å². The predicted molar refractivity (Wildman–Crippen MR) is 35.3 cm³/mol. The van der Waals surface area contributed by atoms with Gasteiger partial charge in [0.15, 0.2) is 0 Å². The molecule has 2 nitrogen and oxygen atoms in total. The molecule has 0 fully saturated rings. The van der Waals surface area contributed by atoms with Crippen molar-refractivity contribution < 1.29 is 4.79 Å². The maximum atomic E-state index is 10.1. The van der Waals surface area contributed by atoms with E-state index in [1.54, 1.807) is 24.6 Å². The van der Waals surface area contributed by atoms with E-state index in [-0.39, 0.29) is 0 Å². The summed E-state index contributed by atoms with van der Waals surface area (Å²) in [5.41, 5.74) is 0. The van der Waals surface area contributed by atoms with E-state index < -0.39 is 0 Å². The van der Waals surface area contributed by atoms with Gasteiger partial charge < -0.3 is 0 Å². The Kier molecular flexibility index (Phi) is 1.85. The van der Waals surface area contributed by atoms with E-state index in [1.807, 2.05) is 12.2 Å². The maximum Gasteiger partial charge on any atom is 0.217 e. The summed E-state index contributed by atoms with van der Waals surface area (Å²) in [7, 11) is 0. The molecule has 0 N–H and O–H groups in total. The molecular weight excluding hydrogens is 114 g/mol. The molecule has 46 valence electrons. The number of amides is 1. The van der Waals surface area contributed by atoms with Crippen molar-refractivity contribution in [3.8, 4) is 0 Å². The van der Waals surface area contributed by atoms with E-state index in [9.17, 15) is 4.79 Å². The van der Waals surface area contributed by atoms with Crippen LogP contribution in [0.1, 0.15) is 0 Å². The van der Waals surface area contributed by atoms with Crippen molar-refractivity contribution in [3.63, 3.8) is 0 Å². The average Bonchev–Trinajstić information content (AvgIpc) is 2.13. The first-order chi connectivity index (χ1) is 4.43. The zero-order chi connectivity index (χ0) is 6.53. The molecule has 0 bridgehead atoms. The largest absolute Gasteiger partial charge is 0.297 e. The highest BCUT2D eigenvalue weighted by Gasteiger charge is 1.86. The third kappa shape index (κ3) is 1.57. The molecule has 0 aliphatic carbocycles. The maximum absolute atomic E-state index is 10.1. The number of carbonyl (C=O) groups is 1. The number of carbonyl (C=O) groups excluding carboxylic acids is 1. The fraction of sp³-hybridized carbons (Fsp3) is 0. The van der Waals surface area contributed by atoms with Crippen LogP contribution in [0.2, 0.25) is 0 Å². The van der Waals surface area contributed by atoms with Gasteiger partial charge in [-0.2, -0.15) is 0 Å². The average molecular weight is 121 g/mol. The highest BCUT2D eigenvalue weighted by atomic mass is 16.1. The van der Waals surface area contributed by atoms with Gasteiger partial charge in [0.25, 0.3) is 0 Å². The Balaban J connectivity index is 2.69. The SMILES string of the molecule is O=CN1C=CC=CC=C1. The highest BCUT2D eigenvalue weighted by Crippen LogP contribution is 1.93. The van der Waals surface area contributed by atoms with E-state index in [0.717, 1.165) is 6.41 Å². The smallest absolute Gasteiger partial charge is 0.217 e. The lowest BCUT2D eigenvalue weighted by Gasteiger charge is -2.00. The van der Waals surface area contributed by atoms with Gasteiger partial charge in [-0.3, -0.25) is 9.69 Å². The molecule has 0 atom stereocenters. The minimum atomic E-state index is 0.750. The van der Waals surface area contributed by atoms with Crippen LogP contribution in [-0.4, -0.2) is 11.3 Å². The molecule has 0 aromatic heterocycles. The van der Waals surface area contributed by atoms with Crippen LogP contribution in [-0.2, 0) is 4.79 Å². The van der Waals surface area contributed by atoms with Crippen LogP contribution in [0.5, 0.6) is 0 Å². The number of allylic oxidation sites excluding steroid dienone is 4. The Morgan fingerprint density at radius 2 is 1.56 bits per heavy atom. The van der Waals surface area contributed by atoms with Gasteiger partial charge in [-0.05, 0) is 12.2 Å². The Bertz CT molecular complexity index is 163. The Labute approximate surface area is 53.8 Å². The second kappa shape index (κ2) is 2.87. The zero-order valence-corrected chi connectivity index (χ0v) is 4.90. The van der Waals surface area contributed by atoms with Gasteiger partial charge in [0.1, 0.15) is 0 Å². The number of rotatable bonds is 1. The highest BCUT2D eigenvalue weighted by molar-refractivity contribution is 5.51. The molecule has 1 aliphatic heterocycles. The third-order valence-corrected chi connectivity index (χ3v) is 0.971. The lowest BCUT2D eigenvalue weighted by molar-refractivity contribution is -0.114. The van der Waals surface area contributed by atoms with Gasteiger partial charge in [-0.25, -0.2) is 0 Å². The zero-order valence-electron chi connectivity index (χ0n) is 4.90. The first kappa shape index (κ1) is 5.82. The summed E-state index contributed by atoms with van der Waals surface area (Å²) in [6, 6.07) is 0. The molecule has 1 amide bonds. The molecule has 9 heavy (non-hydrogen) atoms. The van der Waals surface area contributed by atoms with Gasteiger partial charge in [-0.1, -0.05) is 12.2 Å². The molecule has 0 aromatic rings. The summed E-state index contributed by atoms with van der Waals surface area (Å²) < 4.78 is 0. The molecule has 0 unspecified atom stereocenters. The van der Waals surface area contributed by atoms with Crippen molar-refractivity contribution in [1.29, 1.82) is 0 Å². The van der Waals surface area contributed by atoms with Crippen LogP contribution in [0.25, 0.3) is 0 Å². The summed E-state index contributed by atoms with van der Waals surface area (Å²) in [5, 5.41) is 0. The van der Waals surface area contributed by atoms with Crippen LogP contribution >= 0.6 is 0 Å². The van der Waals surface area contributed by atoms with Crippen LogP contribution in [0.4, 0.5) is 0 Å². The van der Waals surface area contributed by atoms with Crippen molar-refractivity contribution >= 4 is 6.41 Å². The first-order valence-electron chi connectivity index (χ1n) is 2.68. The van der Waals surface area contributed by atoms with Crippen molar-refractivity contribution in [2.75, 3.05) is 0 Å². The summed E-state index contributed by atoms with van der Waals surface area (Å²) in [5.74, 6) is 0. The quantitative estimate of drug-likeness (QED) is 0.475. The van der Waals surface area contributed by atoms with Gasteiger partial charge in [0.05, 0.1) is 0 Å². The molecule has 0 saturated heterocycles. The second-order valence-electron chi connectivity index (χ2n) is 1.62. The number of hydrogen-bond acceptors (Lipinski definition) is 1. The predicted octanol–water partition coefficient (Wildman–Crippen LogP) is 1.04. The molecule has 0 radical (unpaired) electrons. The van der Waals surface area contributed by atoms with E-state index >= 15 is 0 Å². The minimum absolute atomic E-state index is 0.750. The Morgan fingerprint density at radius 1 is 1.00 bits per heavy atom. The van der Waals surface area contributed by atoms with Gasteiger partial charge in [0, 0.05) is 12.4 Å². The standard InChI is InChI=1S/C7H7NO/c9-7-8-5-3-1-2-4-6-8/h1-7H. The fourth-order valence-corrected chi connectivity index (χ4v) is 0.546. The Hall–Kier alpha value is -1.31. The third-order valence-electron chi connectivity index (χ3n) is 0.971. The van der Waals surface area contributed by atoms with Crippen LogP contribution in [0.15, 0.2) is 36.7 Å². The van der Waals surface area contributed by atoms with Gasteiger partial charge >= 0.3 is 0 Å². The van der Waals surface area contributed by atoms with Crippen molar-refractivity contribution in [1.82, 2.24) is 4.90 Å². The van der Waals surface area contributed by atoms with Gasteiger partial charge in [0.2, 0.25) is 6.41 Å². The molecule has 1 aliphatic rings. The summed E-state index contributed by atoms with van der Waals surface area (Å²) >= 11 is 0. The van der Waals surface area contributed by atoms with E-state index in [1.165, 1.54) is 4.90 Å². The summed E-state index contributed by atoms with van der Waals surface area (Å²) in [4.78, 5) is 11.6. The van der Waals surface area contributed by atoms with Crippen LogP contribution < -0.4 is 0 Å². The Morgan fingerprint density at radius 3 is 2.00 bits per heavy atom. The molecule has 1 heterocycles. The molecule has 2 heteroatoms.